The third kappa shape index (κ3) is 3.19. The molecule has 0 aliphatic carbocycles. The predicted octanol–water partition coefficient (Wildman–Crippen LogP) is 0.816. The van der Waals surface area contributed by atoms with Crippen molar-refractivity contribution in [3.63, 3.8) is 0 Å². The summed E-state index contributed by atoms with van der Waals surface area (Å²) in [7, 11) is -3.46. The largest absolute Gasteiger partial charge is 0.395 e. The minimum Gasteiger partial charge on any atom is -0.395 e. The fraction of sp³-hybridized carbons (Fsp3) is 0.400. The number of benzene rings is 1. The Kier molecular flexibility index (Phi) is 4.72. The number of aliphatic hydroxyl groups is 1. The van der Waals surface area contributed by atoms with Crippen LogP contribution in [0.5, 0.6) is 0 Å². The van der Waals surface area contributed by atoms with Gasteiger partial charge in [-0.25, -0.2) is 8.42 Å². The van der Waals surface area contributed by atoms with E-state index in [9.17, 15) is 8.42 Å². The Morgan fingerprint density at radius 1 is 1.38 bits per heavy atom. The van der Waals surface area contributed by atoms with Crippen molar-refractivity contribution in [1.82, 2.24) is 0 Å². The Labute approximate surface area is 94.9 Å². The molecular formula is C10H15NO4S. The monoisotopic (exact) mass is 245 g/mol. The van der Waals surface area contributed by atoms with Gasteiger partial charge >= 0.3 is 0 Å². The van der Waals surface area contributed by atoms with Gasteiger partial charge in [-0.2, -0.15) is 0 Å². The first kappa shape index (κ1) is 13.0. The van der Waals surface area contributed by atoms with Crippen LogP contribution < -0.4 is 5.48 Å². The van der Waals surface area contributed by atoms with Gasteiger partial charge in [-0.15, -0.1) is 0 Å². The van der Waals surface area contributed by atoms with Crippen LogP contribution in [0.3, 0.4) is 0 Å². The topological polar surface area (TPSA) is 75.6 Å². The van der Waals surface area contributed by atoms with Gasteiger partial charge in [-0.1, -0.05) is 12.1 Å². The molecule has 5 nitrogen and oxygen atoms in total. The molecule has 1 aromatic carbocycles. The first-order chi connectivity index (χ1) is 7.61. The van der Waals surface area contributed by atoms with Gasteiger partial charge in [0.25, 0.3) is 0 Å². The first-order valence-corrected chi connectivity index (χ1v) is 6.57. The second-order valence-electron chi connectivity index (χ2n) is 3.07. The normalized spacial score (nSPS) is 11.4. The van der Waals surface area contributed by atoms with Crippen LogP contribution >= 0.6 is 0 Å². The summed E-state index contributed by atoms with van der Waals surface area (Å²) in [5.74, 6) is -0.294. The number of rotatable bonds is 6. The van der Waals surface area contributed by atoms with Crippen molar-refractivity contribution in [2.45, 2.75) is 11.8 Å². The van der Waals surface area contributed by atoms with Gasteiger partial charge in [-0.3, -0.25) is 10.3 Å². The molecule has 0 radical (unpaired) electrons. The molecule has 0 amide bonds. The number of hydrogen-bond donors (Lipinski definition) is 2. The molecule has 0 spiro atoms. The third-order valence-corrected chi connectivity index (χ3v) is 3.65. The summed E-state index contributed by atoms with van der Waals surface area (Å²) < 4.78 is 23.5. The molecule has 6 heteroatoms. The van der Waals surface area contributed by atoms with Crippen LogP contribution in [0.15, 0.2) is 29.2 Å². The number of hydrogen-bond acceptors (Lipinski definition) is 5. The minimum atomic E-state index is -3.46. The molecule has 0 aliphatic rings. The number of anilines is 1. The standard InChI is InChI=1S/C10H15NO4S/c1-2-15-11-9-5-3-4-6-10(9)16(13,14)8-7-12/h3-6,11-12H,2,7-8H2,1H3. The van der Waals surface area contributed by atoms with E-state index in [1.54, 1.807) is 25.1 Å². The second-order valence-corrected chi connectivity index (χ2v) is 5.15. The highest BCUT2D eigenvalue weighted by Gasteiger charge is 2.17. The highest BCUT2D eigenvalue weighted by atomic mass is 32.2. The molecule has 0 heterocycles. The Bertz CT molecular complexity index is 430. The van der Waals surface area contributed by atoms with Crippen molar-refractivity contribution in [2.75, 3.05) is 24.4 Å². The first-order valence-electron chi connectivity index (χ1n) is 4.92. The summed E-state index contributed by atoms with van der Waals surface area (Å²) in [5, 5.41) is 8.70. The molecule has 0 aromatic heterocycles. The van der Waals surface area contributed by atoms with Gasteiger partial charge in [0.2, 0.25) is 0 Å². The predicted molar refractivity (Wildman–Crippen MR) is 60.8 cm³/mol. The van der Waals surface area contributed by atoms with Crippen LogP contribution in [0.25, 0.3) is 0 Å². The van der Waals surface area contributed by atoms with E-state index in [1.165, 1.54) is 6.07 Å². The second kappa shape index (κ2) is 5.83. The van der Waals surface area contributed by atoms with Crippen molar-refractivity contribution in [2.24, 2.45) is 0 Å². The van der Waals surface area contributed by atoms with Crippen molar-refractivity contribution in [1.29, 1.82) is 0 Å². The zero-order valence-corrected chi connectivity index (χ0v) is 9.83. The molecule has 0 saturated carbocycles. The highest BCUT2D eigenvalue weighted by molar-refractivity contribution is 7.91. The SMILES string of the molecule is CCONc1ccccc1S(=O)(=O)CCO. The maximum absolute atomic E-state index is 11.8. The molecule has 1 aromatic rings. The van der Waals surface area contributed by atoms with E-state index in [4.69, 9.17) is 9.94 Å². The molecular weight excluding hydrogens is 230 g/mol. The zero-order valence-electron chi connectivity index (χ0n) is 9.01. The molecule has 0 fully saturated rings. The summed E-state index contributed by atoms with van der Waals surface area (Å²) in [6.07, 6.45) is 0. The molecule has 16 heavy (non-hydrogen) atoms. The average Bonchev–Trinajstić information content (AvgIpc) is 2.26. The van der Waals surface area contributed by atoms with E-state index in [0.717, 1.165) is 0 Å². The van der Waals surface area contributed by atoms with Crippen LogP contribution in [0, 0.1) is 0 Å². The average molecular weight is 245 g/mol. The van der Waals surface area contributed by atoms with Crippen molar-refractivity contribution in [3.8, 4) is 0 Å². The third-order valence-electron chi connectivity index (χ3n) is 1.91. The number of nitrogens with one attached hydrogen (secondary N) is 1. The quantitative estimate of drug-likeness (QED) is 0.726. The summed E-state index contributed by atoms with van der Waals surface area (Å²) in [5.41, 5.74) is 2.95. The summed E-state index contributed by atoms with van der Waals surface area (Å²) >= 11 is 0. The van der Waals surface area contributed by atoms with Gasteiger partial charge in [-0.05, 0) is 19.1 Å². The lowest BCUT2D eigenvalue weighted by Crippen LogP contribution is -2.13. The molecule has 1 rings (SSSR count). The Morgan fingerprint density at radius 3 is 2.69 bits per heavy atom. The summed E-state index contributed by atoms with van der Waals surface area (Å²) in [6.45, 7) is 1.82. The maximum atomic E-state index is 11.8. The summed E-state index contributed by atoms with van der Waals surface area (Å²) in [4.78, 5) is 5.09. The van der Waals surface area contributed by atoms with Gasteiger partial charge in [0, 0.05) is 0 Å². The molecule has 2 N–H and O–H groups in total. The van der Waals surface area contributed by atoms with Crippen molar-refractivity contribution in [3.05, 3.63) is 24.3 Å². The van der Waals surface area contributed by atoms with Crippen molar-refractivity contribution >= 4 is 15.5 Å². The van der Waals surface area contributed by atoms with Gasteiger partial charge in [0.05, 0.1) is 29.5 Å². The number of aliphatic hydroxyl groups excluding tert-OH is 1. The lowest BCUT2D eigenvalue weighted by Gasteiger charge is -2.10. The zero-order chi connectivity index (χ0) is 12.0. The van der Waals surface area contributed by atoms with Crippen LogP contribution in [0.1, 0.15) is 6.92 Å². The van der Waals surface area contributed by atoms with Crippen LogP contribution in [0.4, 0.5) is 5.69 Å². The molecule has 0 atom stereocenters. The Morgan fingerprint density at radius 2 is 2.06 bits per heavy atom. The fourth-order valence-corrected chi connectivity index (χ4v) is 2.39. The number of para-hydroxylation sites is 1. The molecule has 90 valence electrons. The molecule has 0 unspecified atom stereocenters. The van der Waals surface area contributed by atoms with E-state index in [1.807, 2.05) is 0 Å². The van der Waals surface area contributed by atoms with E-state index in [2.05, 4.69) is 5.48 Å². The van der Waals surface area contributed by atoms with E-state index < -0.39 is 16.4 Å². The van der Waals surface area contributed by atoms with E-state index in [0.29, 0.717) is 12.3 Å². The van der Waals surface area contributed by atoms with E-state index >= 15 is 0 Å². The molecule has 0 bridgehead atoms. The van der Waals surface area contributed by atoms with Crippen LogP contribution in [-0.4, -0.2) is 32.5 Å². The Hall–Kier alpha value is -1.11. The van der Waals surface area contributed by atoms with Gasteiger partial charge in [0.1, 0.15) is 0 Å². The smallest absolute Gasteiger partial charge is 0.182 e. The summed E-state index contributed by atoms with van der Waals surface area (Å²) in [6, 6.07) is 6.42. The van der Waals surface area contributed by atoms with E-state index in [-0.39, 0.29) is 10.6 Å². The Balaban J connectivity index is 3.03. The van der Waals surface area contributed by atoms with Crippen LogP contribution in [0.2, 0.25) is 0 Å². The lowest BCUT2D eigenvalue weighted by molar-refractivity contribution is 0.209. The van der Waals surface area contributed by atoms with Crippen LogP contribution in [-0.2, 0) is 14.7 Å². The molecule has 0 saturated heterocycles. The van der Waals surface area contributed by atoms with Gasteiger partial charge in [0.15, 0.2) is 9.84 Å². The maximum Gasteiger partial charge on any atom is 0.182 e. The minimum absolute atomic E-state index is 0.137. The number of sulfone groups is 1. The lowest BCUT2D eigenvalue weighted by atomic mass is 10.3. The highest BCUT2D eigenvalue weighted by Crippen LogP contribution is 2.21. The van der Waals surface area contributed by atoms with Crippen molar-refractivity contribution < 1.29 is 18.4 Å². The van der Waals surface area contributed by atoms with Gasteiger partial charge < -0.3 is 5.11 Å². The molecule has 0 aliphatic heterocycles. The fourth-order valence-electron chi connectivity index (χ4n) is 1.20.